The summed E-state index contributed by atoms with van der Waals surface area (Å²) in [6.45, 7) is 2.80. The van der Waals surface area contributed by atoms with E-state index in [0.717, 1.165) is 35.8 Å². The number of rotatable bonds is 11. The fourth-order valence-corrected chi connectivity index (χ4v) is 5.58. The van der Waals surface area contributed by atoms with Crippen molar-refractivity contribution in [2.24, 2.45) is 10.8 Å². The summed E-state index contributed by atoms with van der Waals surface area (Å²) in [5, 5.41) is 7.41. The highest BCUT2D eigenvalue weighted by atomic mass is 35.5. The van der Waals surface area contributed by atoms with Gasteiger partial charge in [0.25, 0.3) is 5.91 Å². The summed E-state index contributed by atoms with van der Waals surface area (Å²) >= 11 is 7.35. The molecular formula is C26H32ClN5O3S. The average Bonchev–Trinajstić information content (AvgIpc) is 3.47. The maximum absolute atomic E-state index is 12.9. The van der Waals surface area contributed by atoms with Crippen LogP contribution in [0, 0.1) is 0 Å². The molecule has 1 saturated heterocycles. The number of thioether (sulfide) groups is 1. The van der Waals surface area contributed by atoms with Crippen molar-refractivity contribution in [3.63, 3.8) is 0 Å². The molecule has 2 aliphatic rings. The number of primary amides is 1. The van der Waals surface area contributed by atoms with E-state index in [9.17, 15) is 9.59 Å². The summed E-state index contributed by atoms with van der Waals surface area (Å²) in [5.74, 6) is -0.430. The lowest BCUT2D eigenvalue weighted by atomic mass is 10.1. The number of hydrogen-bond acceptors (Lipinski definition) is 7. The number of carbonyl (C=O) groups excluding carboxylic acids is 2. The topological polar surface area (TPSA) is 91.5 Å². The number of halogens is 1. The number of likely N-dealkylation sites (N-methyl/N-ethyl adjacent to an activating group) is 1. The summed E-state index contributed by atoms with van der Waals surface area (Å²) < 4.78 is 5.13. The van der Waals surface area contributed by atoms with E-state index in [4.69, 9.17) is 27.2 Å². The van der Waals surface area contributed by atoms with E-state index in [1.807, 2.05) is 48.5 Å². The zero-order chi connectivity index (χ0) is 25.7. The highest BCUT2D eigenvalue weighted by molar-refractivity contribution is 8.15. The molecule has 192 valence electrons. The zero-order valence-corrected chi connectivity index (χ0v) is 22.2. The fraction of sp³-hybridized carbons (Fsp3) is 0.423. The monoisotopic (exact) mass is 529 g/mol. The number of nitrogens with two attached hydrogens (primary N) is 1. The van der Waals surface area contributed by atoms with Crippen molar-refractivity contribution in [2.75, 3.05) is 38.8 Å². The Morgan fingerprint density at radius 2 is 1.86 bits per heavy atom. The van der Waals surface area contributed by atoms with Crippen LogP contribution in [-0.4, -0.2) is 72.0 Å². The molecule has 0 saturated carbocycles. The van der Waals surface area contributed by atoms with Crippen LogP contribution in [0.15, 0.2) is 53.6 Å². The highest BCUT2D eigenvalue weighted by Crippen LogP contribution is 2.34. The van der Waals surface area contributed by atoms with Crippen molar-refractivity contribution >= 4 is 45.9 Å². The van der Waals surface area contributed by atoms with Gasteiger partial charge in [-0.25, -0.2) is 0 Å². The smallest absolute Gasteiger partial charge is 0.252 e. The Balaban J connectivity index is 1.39. The molecule has 2 atom stereocenters. The standard InChI is InChI=1S/C26H32ClN5O3S/c1-30(13-14-35-2)16-19-5-10-21(11-6-19)31-17-22(15-24(31)33)32-26(25(28)34)36-23(29-32)12-7-18-3-8-20(27)9-4-18/h3-6,8-11,22,26H,7,12-17H2,1-2H3,(H2,28,34). The Morgan fingerprint density at radius 3 is 2.53 bits per heavy atom. The van der Waals surface area contributed by atoms with Gasteiger partial charge in [0.2, 0.25) is 5.91 Å². The molecule has 10 heteroatoms. The van der Waals surface area contributed by atoms with E-state index in [0.29, 0.717) is 31.0 Å². The van der Waals surface area contributed by atoms with Gasteiger partial charge in [0.15, 0.2) is 5.37 Å². The summed E-state index contributed by atoms with van der Waals surface area (Å²) in [7, 11) is 3.75. The Bertz CT molecular complexity index is 1100. The van der Waals surface area contributed by atoms with Crippen LogP contribution in [0.5, 0.6) is 0 Å². The van der Waals surface area contributed by atoms with Gasteiger partial charge in [0.1, 0.15) is 0 Å². The first-order valence-electron chi connectivity index (χ1n) is 12.0. The van der Waals surface area contributed by atoms with E-state index in [-0.39, 0.29) is 11.9 Å². The van der Waals surface area contributed by atoms with Crippen LogP contribution in [0.25, 0.3) is 0 Å². The second-order valence-electron chi connectivity index (χ2n) is 9.13. The van der Waals surface area contributed by atoms with Gasteiger partial charge >= 0.3 is 0 Å². The normalized spacial score (nSPS) is 19.9. The Morgan fingerprint density at radius 1 is 1.17 bits per heavy atom. The third kappa shape index (κ3) is 6.59. The first kappa shape index (κ1) is 26.5. The van der Waals surface area contributed by atoms with Crippen LogP contribution < -0.4 is 10.6 Å². The minimum atomic E-state index is -0.604. The molecule has 2 aliphatic heterocycles. The van der Waals surface area contributed by atoms with E-state index >= 15 is 0 Å². The molecule has 0 aliphatic carbocycles. The van der Waals surface area contributed by atoms with Crippen molar-refractivity contribution in [1.29, 1.82) is 0 Å². The molecule has 2 aromatic carbocycles. The molecule has 2 N–H and O–H groups in total. The molecule has 2 aromatic rings. The zero-order valence-electron chi connectivity index (χ0n) is 20.6. The largest absolute Gasteiger partial charge is 0.383 e. The molecule has 2 amide bonds. The molecule has 2 heterocycles. The van der Waals surface area contributed by atoms with Gasteiger partial charge in [-0.1, -0.05) is 47.6 Å². The number of hydrazone groups is 1. The van der Waals surface area contributed by atoms with Gasteiger partial charge in [-0.15, -0.1) is 0 Å². The van der Waals surface area contributed by atoms with Crippen molar-refractivity contribution in [1.82, 2.24) is 9.91 Å². The van der Waals surface area contributed by atoms with E-state index in [2.05, 4.69) is 11.9 Å². The number of amides is 2. The molecule has 36 heavy (non-hydrogen) atoms. The average molecular weight is 530 g/mol. The number of benzene rings is 2. The van der Waals surface area contributed by atoms with Gasteiger partial charge in [-0.05, 0) is 48.9 Å². The summed E-state index contributed by atoms with van der Waals surface area (Å²) in [5.41, 5.74) is 8.87. The third-order valence-corrected chi connectivity index (χ3v) is 7.84. The lowest BCUT2D eigenvalue weighted by Gasteiger charge is -2.26. The summed E-state index contributed by atoms with van der Waals surface area (Å²) in [6, 6.07) is 15.5. The van der Waals surface area contributed by atoms with E-state index < -0.39 is 11.3 Å². The molecule has 1 fully saturated rings. The molecule has 0 aromatic heterocycles. The lowest BCUT2D eigenvalue weighted by Crippen LogP contribution is -2.44. The second kappa shape index (κ2) is 12.1. The fourth-order valence-electron chi connectivity index (χ4n) is 4.40. The number of ether oxygens (including phenoxy) is 1. The number of hydrogen-bond donors (Lipinski definition) is 1. The Hall–Kier alpha value is -2.59. The number of nitrogens with zero attached hydrogens (tertiary/aromatic N) is 4. The first-order valence-corrected chi connectivity index (χ1v) is 13.2. The predicted molar refractivity (Wildman–Crippen MR) is 145 cm³/mol. The minimum Gasteiger partial charge on any atom is -0.383 e. The van der Waals surface area contributed by atoms with Crippen LogP contribution in [0.4, 0.5) is 5.69 Å². The van der Waals surface area contributed by atoms with Gasteiger partial charge in [-0.2, -0.15) is 5.10 Å². The lowest BCUT2D eigenvalue weighted by molar-refractivity contribution is -0.121. The van der Waals surface area contributed by atoms with E-state index in [1.54, 1.807) is 17.0 Å². The molecule has 2 unspecified atom stereocenters. The van der Waals surface area contributed by atoms with Crippen molar-refractivity contribution in [3.8, 4) is 0 Å². The van der Waals surface area contributed by atoms with Crippen molar-refractivity contribution in [2.45, 2.75) is 37.2 Å². The minimum absolute atomic E-state index is 0.0167. The first-order chi connectivity index (χ1) is 17.3. The number of methoxy groups -OCH3 is 1. The number of anilines is 1. The highest BCUT2D eigenvalue weighted by Gasteiger charge is 2.42. The van der Waals surface area contributed by atoms with E-state index in [1.165, 1.54) is 17.3 Å². The predicted octanol–water partition coefficient (Wildman–Crippen LogP) is 3.33. The van der Waals surface area contributed by atoms with Gasteiger partial charge in [0, 0.05) is 43.9 Å². The molecular weight excluding hydrogens is 498 g/mol. The maximum atomic E-state index is 12.9. The quantitative estimate of drug-likeness (QED) is 0.480. The molecule has 8 nitrogen and oxygen atoms in total. The molecule has 0 bridgehead atoms. The van der Waals surface area contributed by atoms with Gasteiger partial charge in [-0.3, -0.25) is 19.5 Å². The number of aryl methyl sites for hydroxylation is 1. The SMILES string of the molecule is COCCN(C)Cc1ccc(N2CC(N3N=C(CCc4ccc(Cl)cc4)SC3C(N)=O)CC2=O)cc1. The molecule has 0 radical (unpaired) electrons. The number of carbonyl (C=O) groups is 2. The Labute approximate surface area is 221 Å². The third-order valence-electron chi connectivity index (χ3n) is 6.36. The van der Waals surface area contributed by atoms with Crippen molar-refractivity contribution in [3.05, 3.63) is 64.7 Å². The second-order valence-corrected chi connectivity index (χ2v) is 10.7. The maximum Gasteiger partial charge on any atom is 0.252 e. The van der Waals surface area contributed by atoms with Crippen LogP contribution >= 0.6 is 23.4 Å². The van der Waals surface area contributed by atoms with Gasteiger partial charge < -0.3 is 15.4 Å². The van der Waals surface area contributed by atoms with Crippen LogP contribution in [0.3, 0.4) is 0 Å². The molecule has 4 rings (SSSR count). The van der Waals surface area contributed by atoms with Crippen LogP contribution in [0.2, 0.25) is 5.02 Å². The molecule has 0 spiro atoms. The summed E-state index contributed by atoms with van der Waals surface area (Å²) in [6.07, 6.45) is 1.77. The summed E-state index contributed by atoms with van der Waals surface area (Å²) in [4.78, 5) is 29.1. The van der Waals surface area contributed by atoms with Crippen molar-refractivity contribution < 1.29 is 14.3 Å². The van der Waals surface area contributed by atoms with Gasteiger partial charge in [0.05, 0.1) is 24.1 Å². The van der Waals surface area contributed by atoms with Crippen LogP contribution in [0.1, 0.15) is 24.0 Å². The van der Waals surface area contributed by atoms with Crippen LogP contribution in [-0.2, 0) is 27.3 Å². The Kier molecular flexibility index (Phi) is 8.90.